The Morgan fingerprint density at radius 3 is 2.00 bits per heavy atom. The third kappa shape index (κ3) is 10.2. The highest BCUT2D eigenvalue weighted by atomic mass is 16.5. The maximum Gasteiger partial charge on any atom is 0.343 e. The van der Waals surface area contributed by atoms with E-state index >= 15 is 0 Å². The van der Waals surface area contributed by atoms with Gasteiger partial charge in [0.05, 0.1) is 25.4 Å². The molecule has 2 rings (SSSR count). The van der Waals surface area contributed by atoms with Crippen molar-refractivity contribution in [2.45, 2.75) is 39.7 Å². The number of esters is 4. The Balaban J connectivity index is 2.22. The third-order valence-electron chi connectivity index (χ3n) is 5.39. The van der Waals surface area contributed by atoms with Gasteiger partial charge >= 0.3 is 23.9 Å². The van der Waals surface area contributed by atoms with Crippen LogP contribution in [0.4, 0.5) is 0 Å². The molecule has 4 N–H and O–H groups in total. The zero-order valence-corrected chi connectivity index (χ0v) is 23.1. The summed E-state index contributed by atoms with van der Waals surface area (Å²) >= 11 is 0. The predicted molar refractivity (Wildman–Crippen MR) is 148 cm³/mol. The smallest absolute Gasteiger partial charge is 0.343 e. The van der Waals surface area contributed by atoms with Crippen LogP contribution in [0.2, 0.25) is 0 Å². The van der Waals surface area contributed by atoms with Crippen molar-refractivity contribution in [3.63, 3.8) is 0 Å². The lowest BCUT2D eigenvalue weighted by atomic mass is 10.1. The lowest BCUT2D eigenvalue weighted by molar-refractivity contribution is -0.149. The van der Waals surface area contributed by atoms with Gasteiger partial charge in [0.2, 0.25) is 0 Å². The summed E-state index contributed by atoms with van der Waals surface area (Å²) in [5.41, 5.74) is 6.07. The van der Waals surface area contributed by atoms with E-state index in [0.29, 0.717) is 11.1 Å². The normalized spacial score (nSPS) is 11.5. The van der Waals surface area contributed by atoms with Crippen molar-refractivity contribution in [2.75, 3.05) is 19.8 Å². The molecule has 0 aliphatic rings. The van der Waals surface area contributed by atoms with Gasteiger partial charge in [0.15, 0.2) is 0 Å². The van der Waals surface area contributed by atoms with Gasteiger partial charge in [0, 0.05) is 12.0 Å². The summed E-state index contributed by atoms with van der Waals surface area (Å²) in [5, 5.41) is 9.86. The van der Waals surface area contributed by atoms with E-state index in [4.69, 9.17) is 30.1 Å². The van der Waals surface area contributed by atoms with Gasteiger partial charge in [-0.05, 0) is 75.2 Å². The Hall–Kier alpha value is -5.00. The number of nitrogen functional groups attached to an aromatic ring is 1. The van der Waals surface area contributed by atoms with E-state index in [1.54, 1.807) is 32.9 Å². The van der Waals surface area contributed by atoms with Gasteiger partial charge < -0.3 is 30.0 Å². The van der Waals surface area contributed by atoms with E-state index < -0.39 is 41.4 Å². The number of amides is 1. The molecule has 1 atom stereocenters. The fraction of sp³-hybridized carbons (Fsp3) is 0.310. The Morgan fingerprint density at radius 2 is 1.44 bits per heavy atom. The number of benzene rings is 2. The van der Waals surface area contributed by atoms with Crippen LogP contribution in [0.5, 0.6) is 5.75 Å². The number of rotatable bonds is 14. The Kier molecular flexibility index (Phi) is 12.7. The number of ether oxygens (including phenoxy) is 4. The number of hydrogen-bond donors (Lipinski definition) is 3. The fourth-order valence-electron chi connectivity index (χ4n) is 3.40. The molecular formula is C29H33N3O9. The minimum atomic E-state index is -1.22. The van der Waals surface area contributed by atoms with Crippen LogP contribution in [0.15, 0.2) is 54.1 Å². The van der Waals surface area contributed by atoms with Crippen molar-refractivity contribution in [3.8, 4) is 5.75 Å². The Morgan fingerprint density at radius 1 is 0.854 bits per heavy atom. The lowest BCUT2D eigenvalue weighted by Gasteiger charge is -2.18. The van der Waals surface area contributed by atoms with E-state index in [0.717, 1.165) is 0 Å². The maximum absolute atomic E-state index is 13.1. The van der Waals surface area contributed by atoms with Gasteiger partial charge in [-0.25, -0.2) is 14.4 Å². The molecule has 218 valence electrons. The summed E-state index contributed by atoms with van der Waals surface area (Å²) in [6, 6.07) is 10.8. The van der Waals surface area contributed by atoms with Gasteiger partial charge in [-0.1, -0.05) is 12.1 Å². The topological polar surface area (TPSA) is 184 Å². The highest BCUT2D eigenvalue weighted by molar-refractivity contribution is 6.20. The number of carbonyl (C=O) groups is 5. The first-order valence-electron chi connectivity index (χ1n) is 12.9. The van der Waals surface area contributed by atoms with Gasteiger partial charge in [0.25, 0.3) is 5.91 Å². The molecule has 1 amide bonds. The van der Waals surface area contributed by atoms with Gasteiger partial charge in [-0.3, -0.25) is 15.0 Å². The summed E-state index contributed by atoms with van der Waals surface area (Å²) in [7, 11) is 0. The predicted octanol–water partition coefficient (Wildman–Crippen LogP) is 2.53. The van der Waals surface area contributed by atoms with Crippen molar-refractivity contribution < 1.29 is 42.9 Å². The fourth-order valence-corrected chi connectivity index (χ4v) is 3.40. The van der Waals surface area contributed by atoms with Gasteiger partial charge in [-0.2, -0.15) is 0 Å². The van der Waals surface area contributed by atoms with Crippen LogP contribution in [-0.4, -0.2) is 61.5 Å². The molecular weight excluding hydrogens is 534 g/mol. The highest BCUT2D eigenvalue weighted by Gasteiger charge is 2.28. The second-order valence-corrected chi connectivity index (χ2v) is 8.35. The van der Waals surface area contributed by atoms with Crippen LogP contribution < -0.4 is 15.8 Å². The van der Waals surface area contributed by atoms with Crippen LogP contribution in [0, 0.1) is 5.41 Å². The van der Waals surface area contributed by atoms with Crippen LogP contribution in [0.1, 0.15) is 55.1 Å². The zero-order chi connectivity index (χ0) is 30.4. The maximum atomic E-state index is 13.1. The van der Waals surface area contributed by atoms with E-state index in [1.807, 2.05) is 0 Å². The van der Waals surface area contributed by atoms with Crippen molar-refractivity contribution in [2.24, 2.45) is 5.73 Å². The largest absolute Gasteiger partial charge is 0.466 e. The Bertz CT molecular complexity index is 1290. The van der Waals surface area contributed by atoms with Crippen molar-refractivity contribution in [1.29, 1.82) is 5.41 Å². The van der Waals surface area contributed by atoms with E-state index in [9.17, 15) is 24.0 Å². The molecule has 0 bridgehead atoms. The zero-order valence-electron chi connectivity index (χ0n) is 23.1. The average molecular weight is 568 g/mol. The standard InChI is InChI=1S/C29H33N3O9/c1-4-38-24(33)16-15-23(29(37)40-6-3)32-26(34)22(28(36)39-5-2)17-18-7-9-20(10-8-18)27(35)41-21-13-11-19(12-14-21)25(30)31/h7-14,17,23H,4-6,15-16H2,1-3H3,(H3,30,31)(H,32,34)/b22-17+/t23-/m0/s1. The Labute approximate surface area is 237 Å². The molecule has 12 nitrogen and oxygen atoms in total. The quantitative estimate of drug-likeness (QED) is 0.0448. The second kappa shape index (κ2) is 16.2. The molecule has 0 heterocycles. The first-order valence-corrected chi connectivity index (χ1v) is 12.9. The minimum absolute atomic E-state index is 0.00814. The summed E-state index contributed by atoms with van der Waals surface area (Å²) < 4.78 is 20.2. The van der Waals surface area contributed by atoms with E-state index in [2.05, 4.69) is 5.32 Å². The molecule has 0 radical (unpaired) electrons. The number of nitrogens with one attached hydrogen (secondary N) is 2. The summed E-state index contributed by atoms with van der Waals surface area (Å²) in [6.07, 6.45) is 0.985. The molecule has 2 aromatic carbocycles. The van der Waals surface area contributed by atoms with Crippen molar-refractivity contribution in [3.05, 3.63) is 70.8 Å². The molecule has 2 aromatic rings. The molecule has 0 saturated heterocycles. The molecule has 12 heteroatoms. The molecule has 0 unspecified atom stereocenters. The molecule has 0 aliphatic carbocycles. The van der Waals surface area contributed by atoms with Gasteiger partial charge in [0.1, 0.15) is 23.2 Å². The molecule has 0 aromatic heterocycles. The lowest BCUT2D eigenvalue weighted by Crippen LogP contribution is -2.44. The molecule has 0 fully saturated rings. The summed E-state index contributed by atoms with van der Waals surface area (Å²) in [6.45, 7) is 5.01. The first-order chi connectivity index (χ1) is 19.6. The van der Waals surface area contributed by atoms with Gasteiger partial charge in [-0.15, -0.1) is 0 Å². The van der Waals surface area contributed by atoms with Crippen molar-refractivity contribution >= 4 is 41.7 Å². The second-order valence-electron chi connectivity index (χ2n) is 8.35. The number of nitrogens with two attached hydrogens (primary N) is 1. The monoisotopic (exact) mass is 567 g/mol. The molecule has 0 aliphatic heterocycles. The van der Waals surface area contributed by atoms with Crippen molar-refractivity contribution in [1.82, 2.24) is 5.32 Å². The molecule has 41 heavy (non-hydrogen) atoms. The minimum Gasteiger partial charge on any atom is -0.466 e. The molecule has 0 spiro atoms. The van der Waals surface area contributed by atoms with E-state index in [-0.39, 0.29) is 49.8 Å². The van der Waals surface area contributed by atoms with Crippen LogP contribution in [-0.2, 0) is 33.4 Å². The van der Waals surface area contributed by atoms with Crippen LogP contribution in [0.3, 0.4) is 0 Å². The number of amidine groups is 1. The van der Waals surface area contributed by atoms with E-state index in [1.165, 1.54) is 42.5 Å². The molecule has 0 saturated carbocycles. The average Bonchev–Trinajstić information content (AvgIpc) is 2.94. The third-order valence-corrected chi connectivity index (χ3v) is 5.39. The SMILES string of the molecule is CCOC(=O)CC[C@H](NC(=O)/C(=C\c1ccc(C(=O)Oc2ccc(C(=N)N)cc2)cc1)C(=O)OCC)C(=O)OCC. The summed E-state index contributed by atoms with van der Waals surface area (Å²) in [5.74, 6) is -3.69. The van der Waals surface area contributed by atoms with Crippen LogP contribution in [0.25, 0.3) is 6.08 Å². The highest BCUT2D eigenvalue weighted by Crippen LogP contribution is 2.16. The summed E-state index contributed by atoms with van der Waals surface area (Å²) in [4.78, 5) is 62.5. The first kappa shape index (κ1) is 32.2. The number of hydrogen-bond acceptors (Lipinski definition) is 10. The number of carbonyl (C=O) groups excluding carboxylic acids is 5. The van der Waals surface area contributed by atoms with Crippen LogP contribution >= 0.6 is 0 Å².